The van der Waals surface area contributed by atoms with Crippen molar-refractivity contribution < 1.29 is 14.3 Å². The van der Waals surface area contributed by atoms with Gasteiger partial charge >= 0.3 is 5.97 Å². The van der Waals surface area contributed by atoms with Crippen molar-refractivity contribution >= 4 is 11.9 Å². The van der Waals surface area contributed by atoms with Crippen LogP contribution in [0.25, 0.3) is 0 Å². The van der Waals surface area contributed by atoms with Crippen molar-refractivity contribution in [2.75, 3.05) is 13.2 Å². The summed E-state index contributed by atoms with van der Waals surface area (Å²) in [5.41, 5.74) is 0. The van der Waals surface area contributed by atoms with Crippen LogP contribution in [0.5, 0.6) is 0 Å². The number of rotatable bonds is 3. The summed E-state index contributed by atoms with van der Waals surface area (Å²) in [7, 11) is 0. The molecule has 0 N–H and O–H groups in total. The van der Waals surface area contributed by atoms with Crippen LogP contribution in [0.4, 0.5) is 0 Å². The maximum absolute atomic E-state index is 11.4. The van der Waals surface area contributed by atoms with Gasteiger partial charge in [0.05, 0.1) is 6.61 Å². The topological polar surface area (TPSA) is 46.6 Å². The third kappa shape index (κ3) is 2.13. The summed E-state index contributed by atoms with van der Waals surface area (Å²) in [6.45, 7) is 6.13. The molecule has 4 heteroatoms. The van der Waals surface area contributed by atoms with E-state index in [4.69, 9.17) is 4.74 Å². The second-order valence-corrected chi connectivity index (χ2v) is 3.15. The quantitative estimate of drug-likeness (QED) is 0.495. The summed E-state index contributed by atoms with van der Waals surface area (Å²) in [4.78, 5) is 24.3. The van der Waals surface area contributed by atoms with Gasteiger partial charge in [0, 0.05) is 6.54 Å². The molecule has 1 heterocycles. The van der Waals surface area contributed by atoms with Gasteiger partial charge in [0.2, 0.25) is 5.91 Å². The Morgan fingerprint density at radius 2 is 2.36 bits per heavy atom. The first kappa shape index (κ1) is 10.8. The lowest BCUT2D eigenvalue weighted by Gasteiger charge is -2.21. The number of nitrogens with zero attached hydrogens (tertiary/aromatic N) is 1. The molecule has 1 rings (SSSR count). The van der Waals surface area contributed by atoms with Gasteiger partial charge in [0.25, 0.3) is 0 Å². The smallest absolute Gasteiger partial charge is 0.328 e. The molecule has 0 aromatic carbocycles. The van der Waals surface area contributed by atoms with Crippen LogP contribution in [0, 0.1) is 0 Å². The van der Waals surface area contributed by atoms with Crippen LogP contribution in [-0.2, 0) is 14.3 Å². The standard InChI is InChI=1S/C10H15NO3/c1-3-9(12)11-7-5-6-8(11)10(13)14-4-2/h3,8H,1,4-7H2,2H3/t8-/m1/s1. The van der Waals surface area contributed by atoms with Crippen molar-refractivity contribution in [1.29, 1.82) is 0 Å². The molecular formula is C10H15NO3. The van der Waals surface area contributed by atoms with Crippen LogP contribution in [-0.4, -0.2) is 36.0 Å². The van der Waals surface area contributed by atoms with Crippen LogP contribution in [0.2, 0.25) is 0 Å². The monoisotopic (exact) mass is 197 g/mol. The Hall–Kier alpha value is -1.32. The Morgan fingerprint density at radius 1 is 1.64 bits per heavy atom. The van der Waals surface area contributed by atoms with Gasteiger partial charge in [-0.2, -0.15) is 0 Å². The molecule has 0 aromatic heterocycles. The van der Waals surface area contributed by atoms with Gasteiger partial charge in [-0.3, -0.25) is 4.79 Å². The molecule has 0 spiro atoms. The highest BCUT2D eigenvalue weighted by Gasteiger charge is 2.33. The number of amides is 1. The normalized spacial score (nSPS) is 20.6. The molecule has 1 aliphatic heterocycles. The fraction of sp³-hybridized carbons (Fsp3) is 0.600. The Labute approximate surface area is 83.5 Å². The molecule has 0 radical (unpaired) electrons. The molecule has 0 bridgehead atoms. The highest BCUT2D eigenvalue weighted by Crippen LogP contribution is 2.18. The highest BCUT2D eigenvalue weighted by atomic mass is 16.5. The molecule has 0 unspecified atom stereocenters. The van der Waals surface area contributed by atoms with E-state index >= 15 is 0 Å². The van der Waals surface area contributed by atoms with E-state index in [0.29, 0.717) is 19.6 Å². The Balaban J connectivity index is 2.63. The van der Waals surface area contributed by atoms with Crippen molar-refractivity contribution in [1.82, 2.24) is 4.90 Å². The second-order valence-electron chi connectivity index (χ2n) is 3.15. The number of hydrogen-bond donors (Lipinski definition) is 0. The van der Waals surface area contributed by atoms with Gasteiger partial charge in [0.15, 0.2) is 0 Å². The van der Waals surface area contributed by atoms with Gasteiger partial charge in [0.1, 0.15) is 6.04 Å². The summed E-state index contributed by atoms with van der Waals surface area (Å²) in [6.07, 6.45) is 2.78. The zero-order valence-corrected chi connectivity index (χ0v) is 8.36. The third-order valence-corrected chi connectivity index (χ3v) is 2.27. The molecule has 1 fully saturated rings. The van der Waals surface area contributed by atoms with Crippen molar-refractivity contribution in [2.24, 2.45) is 0 Å². The van der Waals surface area contributed by atoms with E-state index in [-0.39, 0.29) is 11.9 Å². The maximum Gasteiger partial charge on any atom is 0.328 e. The molecular weight excluding hydrogens is 182 g/mol. The minimum absolute atomic E-state index is 0.194. The predicted octanol–water partition coefficient (Wildman–Crippen LogP) is 0.726. The van der Waals surface area contributed by atoms with Gasteiger partial charge in [-0.15, -0.1) is 0 Å². The summed E-state index contributed by atoms with van der Waals surface area (Å²) in [5.74, 6) is -0.499. The van der Waals surface area contributed by atoms with Crippen molar-refractivity contribution in [2.45, 2.75) is 25.8 Å². The highest BCUT2D eigenvalue weighted by molar-refractivity contribution is 5.91. The van der Waals surface area contributed by atoms with E-state index in [1.807, 2.05) is 0 Å². The molecule has 4 nitrogen and oxygen atoms in total. The van der Waals surface area contributed by atoms with Crippen LogP contribution in [0.15, 0.2) is 12.7 Å². The lowest BCUT2D eigenvalue weighted by atomic mass is 10.2. The van der Waals surface area contributed by atoms with Gasteiger partial charge < -0.3 is 9.64 Å². The zero-order chi connectivity index (χ0) is 10.6. The Bertz CT molecular complexity index is 250. The van der Waals surface area contributed by atoms with E-state index in [1.165, 1.54) is 11.0 Å². The molecule has 1 aliphatic rings. The molecule has 1 atom stereocenters. The molecule has 0 saturated carbocycles. The number of carbonyl (C=O) groups is 2. The van der Waals surface area contributed by atoms with Crippen molar-refractivity contribution in [3.63, 3.8) is 0 Å². The predicted molar refractivity (Wildman–Crippen MR) is 51.6 cm³/mol. The fourth-order valence-electron chi connectivity index (χ4n) is 1.63. The van der Waals surface area contributed by atoms with Crippen LogP contribution in [0.3, 0.4) is 0 Å². The Kier molecular flexibility index (Phi) is 3.68. The van der Waals surface area contributed by atoms with Crippen LogP contribution >= 0.6 is 0 Å². The van der Waals surface area contributed by atoms with Crippen molar-refractivity contribution in [3.05, 3.63) is 12.7 Å². The van der Waals surface area contributed by atoms with E-state index in [0.717, 1.165) is 6.42 Å². The lowest BCUT2D eigenvalue weighted by molar-refractivity contribution is -0.151. The van der Waals surface area contributed by atoms with Gasteiger partial charge in [-0.25, -0.2) is 4.79 Å². The number of carbonyl (C=O) groups excluding carboxylic acids is 2. The first-order valence-electron chi connectivity index (χ1n) is 4.80. The summed E-state index contributed by atoms with van der Waals surface area (Å²) in [5, 5.41) is 0. The fourth-order valence-corrected chi connectivity index (χ4v) is 1.63. The van der Waals surface area contributed by atoms with Crippen LogP contribution < -0.4 is 0 Å². The number of hydrogen-bond acceptors (Lipinski definition) is 3. The molecule has 0 aliphatic carbocycles. The average molecular weight is 197 g/mol. The molecule has 14 heavy (non-hydrogen) atoms. The maximum atomic E-state index is 11.4. The van der Waals surface area contributed by atoms with E-state index in [1.54, 1.807) is 6.92 Å². The lowest BCUT2D eigenvalue weighted by Crippen LogP contribution is -2.40. The second kappa shape index (κ2) is 4.79. The zero-order valence-electron chi connectivity index (χ0n) is 8.36. The first-order chi connectivity index (χ1) is 6.70. The summed E-state index contributed by atoms with van der Waals surface area (Å²) in [6, 6.07) is -0.402. The molecule has 0 aromatic rings. The van der Waals surface area contributed by atoms with Crippen LogP contribution in [0.1, 0.15) is 19.8 Å². The summed E-state index contributed by atoms with van der Waals surface area (Å²) >= 11 is 0. The minimum atomic E-state index is -0.402. The van der Waals surface area contributed by atoms with Gasteiger partial charge in [-0.1, -0.05) is 6.58 Å². The molecule has 78 valence electrons. The van der Waals surface area contributed by atoms with E-state index in [2.05, 4.69) is 6.58 Å². The average Bonchev–Trinajstić information content (AvgIpc) is 2.65. The SMILES string of the molecule is C=CC(=O)N1CCC[C@@H]1C(=O)OCC. The molecule has 1 amide bonds. The number of esters is 1. The molecule has 1 saturated heterocycles. The van der Waals surface area contributed by atoms with E-state index in [9.17, 15) is 9.59 Å². The van der Waals surface area contributed by atoms with Crippen molar-refractivity contribution in [3.8, 4) is 0 Å². The minimum Gasteiger partial charge on any atom is -0.464 e. The third-order valence-electron chi connectivity index (χ3n) is 2.27. The largest absolute Gasteiger partial charge is 0.464 e. The number of likely N-dealkylation sites (tertiary alicyclic amines) is 1. The number of ether oxygens (including phenoxy) is 1. The summed E-state index contributed by atoms with van der Waals surface area (Å²) < 4.78 is 4.88. The van der Waals surface area contributed by atoms with Gasteiger partial charge in [-0.05, 0) is 25.8 Å². The van der Waals surface area contributed by atoms with E-state index < -0.39 is 6.04 Å². The Morgan fingerprint density at radius 3 is 2.93 bits per heavy atom. The first-order valence-corrected chi connectivity index (χ1v) is 4.80.